The molecule has 4 nitrogen and oxygen atoms in total. The van der Waals surface area contributed by atoms with Crippen molar-refractivity contribution in [3.8, 4) is 0 Å². The van der Waals surface area contributed by atoms with E-state index in [2.05, 4.69) is 9.47 Å². The summed E-state index contributed by atoms with van der Waals surface area (Å²) in [5.74, 6) is -1.99. The van der Waals surface area contributed by atoms with Gasteiger partial charge in [0.15, 0.2) is 0 Å². The van der Waals surface area contributed by atoms with Crippen molar-refractivity contribution in [2.24, 2.45) is 0 Å². The molecule has 0 radical (unpaired) electrons. The van der Waals surface area contributed by atoms with E-state index in [-0.39, 0.29) is 0 Å². The van der Waals surface area contributed by atoms with Crippen LogP contribution in [-0.4, -0.2) is 26.2 Å². The zero-order valence-corrected chi connectivity index (χ0v) is 6.21. The van der Waals surface area contributed by atoms with E-state index in [4.69, 9.17) is 4.11 Å². The third-order valence-corrected chi connectivity index (χ3v) is 0.869. The Kier molecular flexibility index (Phi) is 2.18. The van der Waals surface area contributed by atoms with Crippen LogP contribution in [0.2, 0.25) is 0 Å². The molecule has 4 heteroatoms. The van der Waals surface area contributed by atoms with Crippen LogP contribution in [0, 0.1) is 0 Å². The lowest BCUT2D eigenvalue weighted by Crippen LogP contribution is -2.05. The average molecular weight is 161 g/mol. The van der Waals surface area contributed by atoms with Gasteiger partial charge in [0.25, 0.3) is 0 Å². The minimum absolute atomic E-state index is 0.596. The molecule has 0 aliphatic carbocycles. The molecular formula is C7H10O4. The molecule has 0 aromatic heterocycles. The summed E-state index contributed by atoms with van der Waals surface area (Å²) >= 11 is 0. The van der Waals surface area contributed by atoms with Crippen LogP contribution in [0.25, 0.3) is 0 Å². The van der Waals surface area contributed by atoms with Crippen LogP contribution in [0.5, 0.6) is 0 Å². The van der Waals surface area contributed by atoms with Crippen LogP contribution < -0.4 is 0 Å². The fourth-order valence-corrected chi connectivity index (χ4v) is 0.346. The number of carbonyl (C=O) groups is 2. The first kappa shape index (κ1) is 5.35. The lowest BCUT2D eigenvalue weighted by atomic mass is 10.3. The monoisotopic (exact) mass is 161 g/mol. The summed E-state index contributed by atoms with van der Waals surface area (Å²) in [6.07, 6.45) is 0.596. The topological polar surface area (TPSA) is 52.6 Å². The molecule has 0 fully saturated rings. The maximum Gasteiger partial charge on any atom is 0.333 e. The first-order valence-electron chi connectivity index (χ1n) is 4.21. The van der Waals surface area contributed by atoms with E-state index >= 15 is 0 Å². The van der Waals surface area contributed by atoms with Crippen LogP contribution >= 0.6 is 0 Å². The molecule has 0 aliphatic heterocycles. The molecular weight excluding hydrogens is 148 g/mol. The molecule has 0 heterocycles. The van der Waals surface area contributed by atoms with Crippen LogP contribution in [0.1, 0.15) is 11.0 Å². The highest BCUT2D eigenvalue weighted by Gasteiger charge is 2.05. The number of hydrogen-bond donors (Lipinski definition) is 0. The first-order chi connectivity index (χ1) is 6.32. The van der Waals surface area contributed by atoms with Gasteiger partial charge in [-0.15, -0.1) is 0 Å². The van der Waals surface area contributed by atoms with Gasteiger partial charge in [0.05, 0.1) is 14.2 Å². The Bertz CT molecular complexity index is 267. The predicted molar refractivity (Wildman–Crippen MR) is 37.8 cm³/mol. The van der Waals surface area contributed by atoms with Crippen LogP contribution in [0.15, 0.2) is 11.6 Å². The zero-order chi connectivity index (χ0) is 11.4. The molecule has 0 saturated heterocycles. The Balaban J connectivity index is 5.02. The predicted octanol–water partition coefficient (Wildman–Crippen LogP) is 0.279. The van der Waals surface area contributed by atoms with Gasteiger partial charge in [-0.05, 0) is 6.85 Å². The lowest BCUT2D eigenvalue weighted by Gasteiger charge is -1.96. The highest BCUT2D eigenvalue weighted by Crippen LogP contribution is 1.95. The molecule has 0 atom stereocenters. The largest absolute Gasteiger partial charge is 0.466 e. The molecule has 0 aromatic rings. The van der Waals surface area contributed by atoms with Gasteiger partial charge in [0.2, 0.25) is 0 Å². The summed E-state index contributed by atoms with van der Waals surface area (Å²) in [5.41, 5.74) is -0.702. The summed E-state index contributed by atoms with van der Waals surface area (Å²) < 4.78 is 29.2. The van der Waals surface area contributed by atoms with E-state index in [1.54, 1.807) is 0 Å². The summed E-state index contributed by atoms with van der Waals surface area (Å²) in [4.78, 5) is 21.7. The standard InChI is InChI=1S/C7H10O4/c1-5(7(9)11-3)4-6(8)10-2/h4H,1-3H3/b5-4-/i1D3. The fourth-order valence-electron chi connectivity index (χ4n) is 0.346. The maximum atomic E-state index is 11.0. The van der Waals surface area contributed by atoms with E-state index in [0.29, 0.717) is 6.08 Å². The van der Waals surface area contributed by atoms with E-state index < -0.39 is 24.4 Å². The van der Waals surface area contributed by atoms with Crippen molar-refractivity contribution in [2.75, 3.05) is 14.2 Å². The van der Waals surface area contributed by atoms with Crippen molar-refractivity contribution < 1.29 is 23.2 Å². The van der Waals surface area contributed by atoms with Crippen molar-refractivity contribution >= 4 is 11.9 Å². The van der Waals surface area contributed by atoms with Gasteiger partial charge in [0.1, 0.15) is 0 Å². The molecule has 0 unspecified atom stereocenters. The molecule has 0 saturated carbocycles. The Morgan fingerprint density at radius 3 is 2.36 bits per heavy atom. The van der Waals surface area contributed by atoms with E-state index in [1.165, 1.54) is 0 Å². The van der Waals surface area contributed by atoms with E-state index in [9.17, 15) is 9.59 Å². The van der Waals surface area contributed by atoms with Crippen molar-refractivity contribution in [2.45, 2.75) is 6.85 Å². The van der Waals surface area contributed by atoms with Crippen LogP contribution in [0.3, 0.4) is 0 Å². The highest BCUT2D eigenvalue weighted by atomic mass is 16.5. The highest BCUT2D eigenvalue weighted by molar-refractivity contribution is 5.95. The minimum Gasteiger partial charge on any atom is -0.466 e. The fraction of sp³-hybridized carbons (Fsp3) is 0.429. The molecule has 0 aromatic carbocycles. The minimum atomic E-state index is -2.69. The molecule has 0 aliphatic rings. The normalized spacial score (nSPS) is 15.8. The molecule has 0 spiro atoms. The van der Waals surface area contributed by atoms with Gasteiger partial charge in [-0.3, -0.25) is 0 Å². The number of esters is 2. The second-order valence-corrected chi connectivity index (χ2v) is 1.57. The summed E-state index contributed by atoms with van der Waals surface area (Å²) in [6, 6.07) is 0. The van der Waals surface area contributed by atoms with Crippen molar-refractivity contribution in [3.63, 3.8) is 0 Å². The molecule has 0 bridgehead atoms. The van der Waals surface area contributed by atoms with Gasteiger partial charge in [-0.25, -0.2) is 9.59 Å². The second-order valence-electron chi connectivity index (χ2n) is 1.57. The van der Waals surface area contributed by atoms with Crippen molar-refractivity contribution in [3.05, 3.63) is 11.6 Å². The number of hydrogen-bond acceptors (Lipinski definition) is 4. The van der Waals surface area contributed by atoms with Gasteiger partial charge < -0.3 is 9.47 Å². The number of carbonyl (C=O) groups excluding carboxylic acids is 2. The number of ether oxygens (including phenoxy) is 2. The second kappa shape index (κ2) is 4.49. The number of methoxy groups -OCH3 is 2. The van der Waals surface area contributed by atoms with Gasteiger partial charge in [0, 0.05) is 15.8 Å². The molecule has 0 amide bonds. The third kappa shape index (κ3) is 3.40. The zero-order valence-electron chi connectivity index (χ0n) is 9.21. The molecule has 62 valence electrons. The quantitative estimate of drug-likeness (QED) is 0.431. The van der Waals surface area contributed by atoms with Crippen molar-refractivity contribution in [1.29, 1.82) is 0 Å². The molecule has 0 rings (SSSR count). The van der Waals surface area contributed by atoms with Gasteiger partial charge in [-0.2, -0.15) is 0 Å². The van der Waals surface area contributed by atoms with Crippen LogP contribution in [0.4, 0.5) is 0 Å². The summed E-state index contributed by atoms with van der Waals surface area (Å²) in [5, 5.41) is 0. The first-order valence-corrected chi connectivity index (χ1v) is 2.71. The average Bonchev–Trinajstić information content (AvgIpc) is 2.10. The molecule has 11 heavy (non-hydrogen) atoms. The maximum absolute atomic E-state index is 11.0. The Morgan fingerprint density at radius 1 is 1.36 bits per heavy atom. The Hall–Kier alpha value is -1.32. The third-order valence-electron chi connectivity index (χ3n) is 0.869. The van der Waals surface area contributed by atoms with E-state index in [0.717, 1.165) is 14.2 Å². The smallest absolute Gasteiger partial charge is 0.333 e. The Labute approximate surface area is 69.0 Å². The number of rotatable bonds is 2. The SMILES string of the molecule is [2H]C([2H])([2H])/C(=C/C(=O)OC)C(=O)OC. The van der Waals surface area contributed by atoms with Gasteiger partial charge in [-0.1, -0.05) is 0 Å². The van der Waals surface area contributed by atoms with Crippen LogP contribution in [-0.2, 0) is 19.1 Å². The summed E-state index contributed by atoms with van der Waals surface area (Å²) in [6.45, 7) is -2.69. The van der Waals surface area contributed by atoms with E-state index in [1.807, 2.05) is 0 Å². The summed E-state index contributed by atoms with van der Waals surface area (Å²) in [7, 11) is 2.10. The van der Waals surface area contributed by atoms with Gasteiger partial charge >= 0.3 is 11.9 Å². The van der Waals surface area contributed by atoms with Crippen molar-refractivity contribution in [1.82, 2.24) is 0 Å². The lowest BCUT2D eigenvalue weighted by molar-refractivity contribution is -0.138. The molecule has 0 N–H and O–H groups in total. The Morgan fingerprint density at radius 2 is 2.00 bits per heavy atom.